The van der Waals surface area contributed by atoms with Gasteiger partial charge in [0, 0.05) is 6.04 Å². The van der Waals surface area contributed by atoms with E-state index in [9.17, 15) is 14.7 Å². The molecule has 0 aromatic heterocycles. The maximum atomic E-state index is 12.3. The van der Waals surface area contributed by atoms with Crippen LogP contribution < -0.4 is 0 Å². The van der Waals surface area contributed by atoms with E-state index in [0.717, 1.165) is 25.7 Å². The predicted octanol–water partition coefficient (Wildman–Crippen LogP) is 2.64. The molecule has 0 radical (unpaired) electrons. The number of ether oxygens (including phenoxy) is 1. The molecule has 2 fully saturated rings. The standard InChI is InChI=1S/C14H23NO4/c1-14(2,3)19-13(18)15-10-7-5-4-6-9(10)8-11(15)12(16)17/h9-11H,4-8H2,1-3H3,(H,16,17)/t9-,10+,11+/m0/s1. The quantitative estimate of drug-likeness (QED) is 0.794. The van der Waals surface area contributed by atoms with Crippen LogP contribution in [0.25, 0.3) is 0 Å². The van der Waals surface area contributed by atoms with Crippen LogP contribution in [-0.2, 0) is 9.53 Å². The van der Waals surface area contributed by atoms with E-state index in [-0.39, 0.29) is 6.04 Å². The zero-order chi connectivity index (χ0) is 14.2. The maximum Gasteiger partial charge on any atom is 0.411 e. The van der Waals surface area contributed by atoms with Gasteiger partial charge >= 0.3 is 12.1 Å². The van der Waals surface area contributed by atoms with Crippen LogP contribution in [0, 0.1) is 5.92 Å². The number of hydrogen-bond acceptors (Lipinski definition) is 3. The molecule has 19 heavy (non-hydrogen) atoms. The highest BCUT2D eigenvalue weighted by atomic mass is 16.6. The number of carbonyl (C=O) groups is 2. The van der Waals surface area contributed by atoms with E-state index >= 15 is 0 Å². The number of amides is 1. The number of hydrogen-bond donors (Lipinski definition) is 1. The third kappa shape index (κ3) is 3.01. The van der Waals surface area contributed by atoms with Crippen molar-refractivity contribution >= 4 is 12.1 Å². The SMILES string of the molecule is CC(C)(C)OC(=O)N1[C@@H](C(=O)O)C[C@@H]2CCCC[C@H]21. The normalized spacial score (nSPS) is 30.9. The summed E-state index contributed by atoms with van der Waals surface area (Å²) >= 11 is 0. The minimum absolute atomic E-state index is 0.0460. The second-order valence-corrected chi connectivity index (χ2v) is 6.59. The average Bonchev–Trinajstić information content (AvgIpc) is 2.65. The lowest BCUT2D eigenvalue weighted by atomic mass is 9.85. The number of likely N-dealkylation sites (tertiary alicyclic amines) is 1. The van der Waals surface area contributed by atoms with Gasteiger partial charge in [0.15, 0.2) is 0 Å². The number of carboxylic acid groups (broad SMARTS) is 1. The van der Waals surface area contributed by atoms with Gasteiger partial charge in [-0.2, -0.15) is 0 Å². The third-order valence-corrected chi connectivity index (χ3v) is 3.98. The summed E-state index contributed by atoms with van der Waals surface area (Å²) in [6, 6.07) is -0.673. The fourth-order valence-corrected chi connectivity index (χ4v) is 3.26. The molecule has 3 atom stereocenters. The van der Waals surface area contributed by atoms with E-state index < -0.39 is 23.7 Å². The molecule has 1 saturated heterocycles. The van der Waals surface area contributed by atoms with Crippen LogP contribution in [0.15, 0.2) is 0 Å². The number of rotatable bonds is 1. The van der Waals surface area contributed by atoms with Gasteiger partial charge in [0.1, 0.15) is 11.6 Å². The lowest BCUT2D eigenvalue weighted by Gasteiger charge is -2.34. The molecular formula is C14H23NO4. The van der Waals surface area contributed by atoms with Gasteiger partial charge in [0.2, 0.25) is 0 Å². The van der Waals surface area contributed by atoms with E-state index in [1.54, 1.807) is 20.8 Å². The Hall–Kier alpha value is -1.26. The van der Waals surface area contributed by atoms with Gasteiger partial charge in [0.25, 0.3) is 0 Å². The summed E-state index contributed by atoms with van der Waals surface area (Å²) in [5, 5.41) is 9.33. The number of nitrogens with zero attached hydrogens (tertiary/aromatic N) is 1. The van der Waals surface area contributed by atoms with Gasteiger partial charge in [-0.25, -0.2) is 9.59 Å². The van der Waals surface area contributed by atoms with Crippen LogP contribution in [-0.4, -0.2) is 39.8 Å². The summed E-state index contributed by atoms with van der Waals surface area (Å²) in [6.07, 6.45) is 4.21. The first-order valence-electron chi connectivity index (χ1n) is 7.04. The Bertz CT molecular complexity index is 374. The molecule has 2 aliphatic rings. The lowest BCUT2D eigenvalue weighted by molar-refractivity contribution is -0.142. The lowest BCUT2D eigenvalue weighted by Crippen LogP contribution is -2.48. The fraction of sp³-hybridized carbons (Fsp3) is 0.857. The van der Waals surface area contributed by atoms with E-state index in [1.807, 2.05) is 0 Å². The first-order valence-corrected chi connectivity index (χ1v) is 7.04. The molecule has 0 unspecified atom stereocenters. The Labute approximate surface area is 113 Å². The van der Waals surface area contributed by atoms with Crippen LogP contribution in [0.4, 0.5) is 4.79 Å². The van der Waals surface area contributed by atoms with E-state index in [2.05, 4.69) is 0 Å². The molecule has 1 amide bonds. The number of carboxylic acids is 1. The summed E-state index contributed by atoms with van der Waals surface area (Å²) < 4.78 is 5.37. The summed E-state index contributed by atoms with van der Waals surface area (Å²) in [4.78, 5) is 25.1. The summed E-state index contributed by atoms with van der Waals surface area (Å²) in [6.45, 7) is 5.40. The molecule has 2 rings (SSSR count). The van der Waals surface area contributed by atoms with E-state index in [1.165, 1.54) is 4.90 Å². The van der Waals surface area contributed by atoms with Crippen LogP contribution in [0.5, 0.6) is 0 Å². The molecule has 0 aromatic rings. The van der Waals surface area contributed by atoms with E-state index in [0.29, 0.717) is 12.3 Å². The smallest absolute Gasteiger partial charge is 0.411 e. The minimum atomic E-state index is -0.916. The Kier molecular flexibility index (Phi) is 3.74. The molecule has 5 heteroatoms. The zero-order valence-corrected chi connectivity index (χ0v) is 11.9. The van der Waals surface area contributed by atoms with Gasteiger partial charge in [-0.05, 0) is 46.0 Å². The Morgan fingerprint density at radius 2 is 1.84 bits per heavy atom. The maximum absolute atomic E-state index is 12.3. The highest BCUT2D eigenvalue weighted by Crippen LogP contribution is 2.40. The zero-order valence-electron chi connectivity index (χ0n) is 11.9. The molecule has 108 valence electrons. The van der Waals surface area contributed by atoms with Gasteiger partial charge in [0.05, 0.1) is 0 Å². The van der Waals surface area contributed by atoms with Gasteiger partial charge in [-0.1, -0.05) is 12.8 Å². The molecule has 0 bridgehead atoms. The Morgan fingerprint density at radius 1 is 1.21 bits per heavy atom. The topological polar surface area (TPSA) is 66.8 Å². The largest absolute Gasteiger partial charge is 0.480 e. The molecule has 5 nitrogen and oxygen atoms in total. The molecule has 0 aromatic carbocycles. The van der Waals surface area contributed by atoms with Gasteiger partial charge in [-0.15, -0.1) is 0 Å². The van der Waals surface area contributed by atoms with E-state index in [4.69, 9.17) is 4.74 Å². The van der Waals surface area contributed by atoms with Crippen molar-refractivity contribution in [1.29, 1.82) is 0 Å². The molecule has 1 aliphatic carbocycles. The second kappa shape index (κ2) is 5.02. The predicted molar refractivity (Wildman–Crippen MR) is 69.9 cm³/mol. The Morgan fingerprint density at radius 3 is 2.42 bits per heavy atom. The number of aliphatic carboxylic acids is 1. The van der Waals surface area contributed by atoms with Crippen LogP contribution >= 0.6 is 0 Å². The summed E-state index contributed by atoms with van der Waals surface area (Å²) in [5.74, 6) is -0.595. The number of carbonyl (C=O) groups excluding carboxylic acids is 1. The van der Waals surface area contributed by atoms with Crippen molar-refractivity contribution < 1.29 is 19.4 Å². The second-order valence-electron chi connectivity index (χ2n) is 6.59. The van der Waals surface area contributed by atoms with Crippen LogP contribution in [0.1, 0.15) is 52.9 Å². The van der Waals surface area contributed by atoms with Crippen LogP contribution in [0.3, 0.4) is 0 Å². The van der Waals surface area contributed by atoms with Gasteiger partial charge < -0.3 is 9.84 Å². The summed E-state index contributed by atoms with van der Waals surface area (Å²) in [7, 11) is 0. The molecule has 1 heterocycles. The average molecular weight is 269 g/mol. The van der Waals surface area contributed by atoms with Crippen molar-refractivity contribution in [3.63, 3.8) is 0 Å². The summed E-state index contributed by atoms with van der Waals surface area (Å²) in [5.41, 5.74) is -0.590. The van der Waals surface area contributed by atoms with Crippen molar-refractivity contribution in [3.05, 3.63) is 0 Å². The van der Waals surface area contributed by atoms with Crippen molar-refractivity contribution in [2.75, 3.05) is 0 Å². The fourth-order valence-electron chi connectivity index (χ4n) is 3.26. The van der Waals surface area contributed by atoms with Crippen molar-refractivity contribution in [2.24, 2.45) is 5.92 Å². The van der Waals surface area contributed by atoms with Crippen LogP contribution in [0.2, 0.25) is 0 Å². The molecular weight excluding hydrogens is 246 g/mol. The van der Waals surface area contributed by atoms with Gasteiger partial charge in [-0.3, -0.25) is 4.90 Å². The monoisotopic (exact) mass is 269 g/mol. The van der Waals surface area contributed by atoms with Crippen molar-refractivity contribution in [3.8, 4) is 0 Å². The van der Waals surface area contributed by atoms with Crippen molar-refractivity contribution in [1.82, 2.24) is 4.90 Å². The third-order valence-electron chi connectivity index (χ3n) is 3.98. The first-order chi connectivity index (χ1) is 8.79. The highest BCUT2D eigenvalue weighted by Gasteiger charge is 2.48. The minimum Gasteiger partial charge on any atom is -0.480 e. The highest BCUT2D eigenvalue weighted by molar-refractivity contribution is 5.81. The number of fused-ring (bicyclic) bond motifs is 1. The molecule has 1 saturated carbocycles. The molecule has 1 N–H and O–H groups in total. The molecule has 0 spiro atoms. The first kappa shape index (κ1) is 14.2. The van der Waals surface area contributed by atoms with Crippen molar-refractivity contribution in [2.45, 2.75) is 70.6 Å². The Balaban J connectivity index is 2.17. The molecule has 1 aliphatic heterocycles.